The summed E-state index contributed by atoms with van der Waals surface area (Å²) in [5.41, 5.74) is 1.49. The number of aromatic nitrogens is 3. The second-order valence-electron chi connectivity index (χ2n) is 9.88. The van der Waals surface area contributed by atoms with Gasteiger partial charge in [0, 0.05) is 19.3 Å². The number of carbonyl (C=O) groups is 2. The van der Waals surface area contributed by atoms with E-state index in [1.165, 1.54) is 33.3 Å². The fourth-order valence-corrected chi connectivity index (χ4v) is 4.15. The number of hydrogen-bond acceptors (Lipinski definition) is 8. The number of nitriles is 1. The molecule has 0 radical (unpaired) electrons. The average Bonchev–Trinajstić information content (AvgIpc) is 3.30. The second kappa shape index (κ2) is 11.0. The first-order chi connectivity index (χ1) is 18.1. The largest absolute Gasteiger partial charge is 0.449 e. The van der Waals surface area contributed by atoms with Crippen LogP contribution >= 0.6 is 0 Å². The number of alkyl carbamates (subject to hydrolysis) is 1. The van der Waals surface area contributed by atoms with Gasteiger partial charge in [0.2, 0.25) is 0 Å². The first kappa shape index (κ1) is 26.8. The lowest BCUT2D eigenvalue weighted by Crippen LogP contribution is -2.42. The van der Waals surface area contributed by atoms with Crippen molar-refractivity contribution in [3.8, 4) is 17.5 Å². The van der Waals surface area contributed by atoms with E-state index in [0.29, 0.717) is 29.2 Å². The van der Waals surface area contributed by atoms with Crippen LogP contribution in [0.4, 0.5) is 14.9 Å². The monoisotopic (exact) mass is 523 g/mol. The second-order valence-corrected chi connectivity index (χ2v) is 9.88. The van der Waals surface area contributed by atoms with Gasteiger partial charge in [0.05, 0.1) is 58.7 Å². The van der Waals surface area contributed by atoms with Crippen molar-refractivity contribution in [1.82, 2.24) is 25.2 Å². The zero-order chi connectivity index (χ0) is 27.4. The highest BCUT2D eigenvalue weighted by molar-refractivity contribution is 6.00. The molecule has 0 saturated heterocycles. The molecule has 2 amide bonds. The highest BCUT2D eigenvalue weighted by atomic mass is 19.1. The molecule has 4 rings (SSSR count). The fraction of sp³-hybridized carbons (Fsp3) is 0.423. The molecular weight excluding hydrogens is 493 g/mol. The standard InChI is InChI=1S/C26H30FN7O4/c1-26(2,37)23(27)13-31-24(35)19-12-30-21(22-5-4-18-8-16(10-28)11-32-34(18)22)9-20(19)33-17-6-15(7-17)14-38-25(36)29-3/h4-5,8-9,11-12,15,17,23,37H,6-7,13-14H2,1-3H3,(H,29,36)(H,30,33)(H,31,35)/t15?,17?,23-/m1/s1. The number of nitrogens with one attached hydrogen (secondary N) is 3. The molecule has 0 spiro atoms. The Kier molecular flexibility index (Phi) is 7.78. The van der Waals surface area contributed by atoms with Crippen LogP contribution in [0.1, 0.15) is 42.6 Å². The number of anilines is 1. The lowest BCUT2D eigenvalue weighted by atomic mass is 9.80. The van der Waals surface area contributed by atoms with Crippen molar-refractivity contribution >= 4 is 23.2 Å². The lowest BCUT2D eigenvalue weighted by Gasteiger charge is -2.36. The number of halogens is 1. The van der Waals surface area contributed by atoms with Crippen molar-refractivity contribution in [3.63, 3.8) is 0 Å². The molecule has 3 heterocycles. The minimum atomic E-state index is -1.65. The molecule has 3 aromatic heterocycles. The van der Waals surface area contributed by atoms with E-state index >= 15 is 0 Å². The van der Waals surface area contributed by atoms with Gasteiger partial charge < -0.3 is 25.8 Å². The van der Waals surface area contributed by atoms with Gasteiger partial charge in [0.1, 0.15) is 12.2 Å². The lowest BCUT2D eigenvalue weighted by molar-refractivity contribution is -0.00178. The Morgan fingerprint density at radius 1 is 1.32 bits per heavy atom. The van der Waals surface area contributed by atoms with Crippen molar-refractivity contribution in [3.05, 3.63) is 47.8 Å². The molecule has 0 unspecified atom stereocenters. The first-order valence-electron chi connectivity index (χ1n) is 12.2. The van der Waals surface area contributed by atoms with Gasteiger partial charge >= 0.3 is 6.09 Å². The number of nitrogens with zero attached hydrogens (tertiary/aromatic N) is 4. The number of pyridine rings is 1. The molecular formula is C26H30FN7O4. The maximum absolute atomic E-state index is 14.2. The van der Waals surface area contributed by atoms with Gasteiger partial charge in [0.25, 0.3) is 5.91 Å². The smallest absolute Gasteiger partial charge is 0.406 e. The fourth-order valence-electron chi connectivity index (χ4n) is 4.15. The number of hydrogen-bond donors (Lipinski definition) is 4. The molecule has 38 heavy (non-hydrogen) atoms. The van der Waals surface area contributed by atoms with Crippen LogP contribution in [0.15, 0.2) is 36.7 Å². The number of alkyl halides is 1. The number of rotatable bonds is 9. The normalized spacial score (nSPS) is 17.7. The van der Waals surface area contributed by atoms with Crippen molar-refractivity contribution in [2.45, 2.75) is 44.5 Å². The number of fused-ring (bicyclic) bond motifs is 1. The van der Waals surface area contributed by atoms with E-state index in [2.05, 4.69) is 32.1 Å². The molecule has 0 aliphatic heterocycles. The summed E-state index contributed by atoms with van der Waals surface area (Å²) in [7, 11) is 1.50. The summed E-state index contributed by atoms with van der Waals surface area (Å²) in [4.78, 5) is 28.8. The van der Waals surface area contributed by atoms with E-state index in [9.17, 15) is 19.1 Å². The third-order valence-electron chi connectivity index (χ3n) is 6.50. The van der Waals surface area contributed by atoms with Crippen LogP contribution in [0, 0.1) is 17.2 Å². The van der Waals surface area contributed by atoms with E-state index < -0.39 is 23.8 Å². The number of aliphatic hydroxyl groups is 1. The van der Waals surface area contributed by atoms with Gasteiger partial charge in [-0.25, -0.2) is 13.7 Å². The minimum Gasteiger partial charge on any atom is -0.449 e. The van der Waals surface area contributed by atoms with Gasteiger partial charge in [-0.05, 0) is 56.9 Å². The molecule has 1 fully saturated rings. The Morgan fingerprint density at radius 2 is 2.08 bits per heavy atom. The van der Waals surface area contributed by atoms with Gasteiger partial charge in [-0.15, -0.1) is 0 Å². The average molecular weight is 524 g/mol. The molecule has 3 aromatic rings. The van der Waals surface area contributed by atoms with Crippen LogP contribution in [0.2, 0.25) is 0 Å². The zero-order valence-corrected chi connectivity index (χ0v) is 21.4. The van der Waals surface area contributed by atoms with Crippen LogP contribution in [0.5, 0.6) is 0 Å². The van der Waals surface area contributed by atoms with E-state index in [1.54, 1.807) is 16.6 Å². The van der Waals surface area contributed by atoms with Gasteiger partial charge in [-0.3, -0.25) is 9.78 Å². The predicted octanol–water partition coefficient (Wildman–Crippen LogP) is 2.65. The Labute approximate surface area is 219 Å². The molecule has 1 atom stereocenters. The Bertz CT molecular complexity index is 1370. The van der Waals surface area contributed by atoms with Crippen molar-refractivity contribution in [2.24, 2.45) is 5.92 Å². The van der Waals surface area contributed by atoms with Gasteiger partial charge in [-0.1, -0.05) is 0 Å². The van der Waals surface area contributed by atoms with E-state index in [0.717, 1.165) is 18.4 Å². The highest BCUT2D eigenvalue weighted by Gasteiger charge is 2.32. The van der Waals surface area contributed by atoms with Crippen molar-refractivity contribution in [1.29, 1.82) is 5.26 Å². The number of ether oxygens (including phenoxy) is 1. The third kappa shape index (κ3) is 6.00. The van der Waals surface area contributed by atoms with Gasteiger partial charge in [0.15, 0.2) is 0 Å². The summed E-state index contributed by atoms with van der Waals surface area (Å²) in [5.74, 6) is -0.343. The van der Waals surface area contributed by atoms with Crippen molar-refractivity contribution < 1.29 is 23.8 Å². The summed E-state index contributed by atoms with van der Waals surface area (Å²) in [5, 5.41) is 31.6. The number of amides is 2. The zero-order valence-electron chi connectivity index (χ0n) is 21.4. The highest BCUT2D eigenvalue weighted by Crippen LogP contribution is 2.33. The summed E-state index contributed by atoms with van der Waals surface area (Å²) >= 11 is 0. The topological polar surface area (TPSA) is 154 Å². The summed E-state index contributed by atoms with van der Waals surface area (Å²) in [6.07, 6.45) is 2.20. The molecule has 12 heteroatoms. The van der Waals surface area contributed by atoms with Crippen molar-refractivity contribution in [2.75, 3.05) is 25.5 Å². The van der Waals surface area contributed by atoms with Gasteiger partial charge in [-0.2, -0.15) is 10.4 Å². The SMILES string of the molecule is CNC(=O)OCC1CC(Nc2cc(-c3ccc4cc(C#N)cnn34)ncc2C(=O)NC[C@@H](F)C(C)(C)O)C1. The molecule has 11 nitrogen and oxygen atoms in total. The predicted molar refractivity (Wildman–Crippen MR) is 137 cm³/mol. The maximum Gasteiger partial charge on any atom is 0.406 e. The van der Waals surface area contributed by atoms with Crippen LogP contribution < -0.4 is 16.0 Å². The first-order valence-corrected chi connectivity index (χ1v) is 12.2. The Hall–Kier alpha value is -4.24. The quantitative estimate of drug-likeness (QED) is 0.334. The molecule has 1 aliphatic carbocycles. The summed E-state index contributed by atoms with van der Waals surface area (Å²) in [6.45, 7) is 2.61. The molecule has 4 N–H and O–H groups in total. The number of carbonyl (C=O) groups excluding carboxylic acids is 2. The summed E-state index contributed by atoms with van der Waals surface area (Å²) < 4.78 is 21.0. The molecule has 0 bridgehead atoms. The van der Waals surface area contributed by atoms with Crippen LogP contribution in [-0.2, 0) is 4.74 Å². The molecule has 1 saturated carbocycles. The van der Waals surface area contributed by atoms with E-state index in [-0.39, 0.29) is 24.1 Å². The van der Waals surface area contributed by atoms with Crippen LogP contribution in [0.25, 0.3) is 16.9 Å². The Morgan fingerprint density at radius 3 is 2.76 bits per heavy atom. The Balaban J connectivity index is 1.56. The van der Waals surface area contributed by atoms with E-state index in [1.807, 2.05) is 12.1 Å². The maximum atomic E-state index is 14.2. The molecule has 200 valence electrons. The molecule has 1 aliphatic rings. The van der Waals surface area contributed by atoms with Crippen LogP contribution in [0.3, 0.4) is 0 Å². The van der Waals surface area contributed by atoms with Crippen LogP contribution in [-0.4, -0.2) is 69.7 Å². The summed E-state index contributed by atoms with van der Waals surface area (Å²) in [6, 6.07) is 9.17. The molecule has 0 aromatic carbocycles. The van der Waals surface area contributed by atoms with E-state index in [4.69, 9.17) is 10.00 Å². The third-order valence-corrected chi connectivity index (χ3v) is 6.50. The minimum absolute atomic E-state index is 0.0285.